The molecular formula is C14H17N3O. The molecule has 4 nitrogen and oxygen atoms in total. The van der Waals surface area contributed by atoms with Gasteiger partial charge < -0.3 is 10.5 Å². The Balaban J connectivity index is 2.13. The van der Waals surface area contributed by atoms with Gasteiger partial charge in [-0.2, -0.15) is 0 Å². The van der Waals surface area contributed by atoms with Crippen molar-refractivity contribution >= 4 is 0 Å². The third-order valence-electron chi connectivity index (χ3n) is 2.64. The molecule has 2 aromatic rings. The molecule has 0 atom stereocenters. The second-order valence-corrected chi connectivity index (χ2v) is 4.38. The number of hydrogen-bond acceptors (Lipinski definition) is 4. The Bertz CT molecular complexity index is 509. The Morgan fingerprint density at radius 3 is 2.50 bits per heavy atom. The summed E-state index contributed by atoms with van der Waals surface area (Å²) in [5.41, 5.74) is 7.50. The number of rotatable bonds is 4. The predicted molar refractivity (Wildman–Crippen MR) is 70.5 cm³/mol. The minimum atomic E-state index is 0.358. The first kappa shape index (κ1) is 12.5. The third-order valence-corrected chi connectivity index (χ3v) is 2.64. The van der Waals surface area contributed by atoms with Crippen LogP contribution in [0.15, 0.2) is 36.7 Å². The smallest absolute Gasteiger partial charge is 0.238 e. The first-order chi connectivity index (χ1) is 8.69. The van der Waals surface area contributed by atoms with Gasteiger partial charge >= 0.3 is 0 Å². The van der Waals surface area contributed by atoms with Crippen molar-refractivity contribution in [3.05, 3.63) is 47.9 Å². The minimum Gasteiger partial charge on any atom is -0.437 e. The quantitative estimate of drug-likeness (QED) is 0.897. The number of hydrogen-bond donors (Lipinski definition) is 1. The van der Waals surface area contributed by atoms with Crippen LogP contribution >= 0.6 is 0 Å². The van der Waals surface area contributed by atoms with E-state index in [9.17, 15) is 0 Å². The van der Waals surface area contributed by atoms with Crippen molar-refractivity contribution in [2.45, 2.75) is 26.3 Å². The van der Waals surface area contributed by atoms with Gasteiger partial charge in [-0.05, 0) is 23.6 Å². The summed E-state index contributed by atoms with van der Waals surface area (Å²) < 4.78 is 5.63. The van der Waals surface area contributed by atoms with Gasteiger partial charge in [0.2, 0.25) is 5.88 Å². The molecule has 1 aromatic carbocycles. The molecular weight excluding hydrogens is 226 g/mol. The molecule has 1 aromatic heterocycles. The highest BCUT2D eigenvalue weighted by Gasteiger charge is 2.02. The Morgan fingerprint density at radius 2 is 1.89 bits per heavy atom. The fourth-order valence-electron chi connectivity index (χ4n) is 1.58. The maximum absolute atomic E-state index is 5.63. The lowest BCUT2D eigenvalue weighted by molar-refractivity contribution is 0.457. The van der Waals surface area contributed by atoms with Crippen LogP contribution in [-0.2, 0) is 6.54 Å². The van der Waals surface area contributed by atoms with Gasteiger partial charge in [0.1, 0.15) is 5.75 Å². The zero-order chi connectivity index (χ0) is 13.0. The van der Waals surface area contributed by atoms with E-state index in [0.717, 1.165) is 5.75 Å². The van der Waals surface area contributed by atoms with E-state index in [0.29, 0.717) is 24.0 Å². The van der Waals surface area contributed by atoms with Crippen LogP contribution in [0.4, 0.5) is 0 Å². The molecule has 0 saturated carbocycles. The summed E-state index contributed by atoms with van der Waals surface area (Å²) in [6.07, 6.45) is 3.21. The topological polar surface area (TPSA) is 61.0 Å². The molecule has 0 unspecified atom stereocenters. The van der Waals surface area contributed by atoms with Crippen LogP contribution < -0.4 is 10.5 Å². The Kier molecular flexibility index (Phi) is 3.89. The average Bonchev–Trinajstić information content (AvgIpc) is 2.39. The van der Waals surface area contributed by atoms with Crippen LogP contribution in [0, 0.1) is 0 Å². The van der Waals surface area contributed by atoms with Gasteiger partial charge in [-0.3, -0.25) is 4.98 Å². The molecule has 0 amide bonds. The molecule has 4 heteroatoms. The highest BCUT2D eigenvalue weighted by Crippen LogP contribution is 2.22. The lowest BCUT2D eigenvalue weighted by Crippen LogP contribution is -2.01. The molecule has 0 saturated heterocycles. The van der Waals surface area contributed by atoms with Gasteiger partial charge in [0.15, 0.2) is 0 Å². The molecule has 2 N–H and O–H groups in total. The van der Waals surface area contributed by atoms with Gasteiger partial charge in [0.05, 0.1) is 11.9 Å². The van der Waals surface area contributed by atoms with Crippen molar-refractivity contribution in [2.75, 3.05) is 0 Å². The average molecular weight is 243 g/mol. The number of ether oxygens (including phenoxy) is 1. The maximum Gasteiger partial charge on any atom is 0.238 e. The van der Waals surface area contributed by atoms with Crippen LogP contribution in [0.5, 0.6) is 11.6 Å². The zero-order valence-corrected chi connectivity index (χ0v) is 10.6. The van der Waals surface area contributed by atoms with Gasteiger partial charge in [-0.15, -0.1) is 0 Å². The summed E-state index contributed by atoms with van der Waals surface area (Å²) in [4.78, 5) is 8.26. The van der Waals surface area contributed by atoms with Crippen LogP contribution in [0.3, 0.4) is 0 Å². The third kappa shape index (κ3) is 3.05. The molecule has 0 aliphatic heterocycles. The molecule has 0 aliphatic carbocycles. The molecule has 0 bridgehead atoms. The second-order valence-electron chi connectivity index (χ2n) is 4.38. The van der Waals surface area contributed by atoms with E-state index in [4.69, 9.17) is 10.5 Å². The lowest BCUT2D eigenvalue weighted by Gasteiger charge is -2.08. The summed E-state index contributed by atoms with van der Waals surface area (Å²) >= 11 is 0. The number of nitrogens with zero attached hydrogens (tertiary/aromatic N) is 2. The highest BCUT2D eigenvalue weighted by molar-refractivity contribution is 5.31. The van der Waals surface area contributed by atoms with E-state index >= 15 is 0 Å². The normalized spacial score (nSPS) is 10.7. The molecule has 2 rings (SSSR count). The zero-order valence-electron chi connectivity index (χ0n) is 10.6. The van der Waals surface area contributed by atoms with E-state index in [1.54, 1.807) is 12.4 Å². The second kappa shape index (κ2) is 5.60. The minimum absolute atomic E-state index is 0.358. The van der Waals surface area contributed by atoms with Crippen LogP contribution in [0.25, 0.3) is 0 Å². The molecule has 0 fully saturated rings. The number of nitrogens with two attached hydrogens (primary N) is 1. The van der Waals surface area contributed by atoms with Crippen molar-refractivity contribution in [2.24, 2.45) is 5.73 Å². The Morgan fingerprint density at radius 1 is 1.17 bits per heavy atom. The highest BCUT2D eigenvalue weighted by atomic mass is 16.5. The van der Waals surface area contributed by atoms with E-state index in [1.165, 1.54) is 5.56 Å². The summed E-state index contributed by atoms with van der Waals surface area (Å²) in [6.45, 7) is 4.68. The van der Waals surface area contributed by atoms with Crippen LogP contribution in [0.1, 0.15) is 31.0 Å². The van der Waals surface area contributed by atoms with Gasteiger partial charge in [0.25, 0.3) is 0 Å². The number of benzene rings is 1. The molecule has 0 aliphatic rings. The standard InChI is InChI=1S/C14H17N3O/c1-10(2)11-3-5-13(6-4-11)18-14-9-16-8-12(7-15)17-14/h3-6,8-10H,7,15H2,1-2H3. The van der Waals surface area contributed by atoms with Gasteiger partial charge in [-0.25, -0.2) is 4.98 Å². The van der Waals surface area contributed by atoms with Gasteiger partial charge in [0, 0.05) is 12.7 Å². The molecule has 94 valence electrons. The largest absolute Gasteiger partial charge is 0.437 e. The van der Waals surface area contributed by atoms with Crippen LogP contribution in [0.2, 0.25) is 0 Å². The molecule has 0 radical (unpaired) electrons. The van der Waals surface area contributed by atoms with Crippen molar-refractivity contribution < 1.29 is 4.74 Å². The van der Waals surface area contributed by atoms with Crippen molar-refractivity contribution in [3.63, 3.8) is 0 Å². The number of aromatic nitrogens is 2. The van der Waals surface area contributed by atoms with E-state index in [1.807, 2.05) is 12.1 Å². The summed E-state index contributed by atoms with van der Waals surface area (Å²) in [6, 6.07) is 7.98. The van der Waals surface area contributed by atoms with Crippen LogP contribution in [-0.4, -0.2) is 9.97 Å². The fourth-order valence-corrected chi connectivity index (χ4v) is 1.58. The molecule has 18 heavy (non-hydrogen) atoms. The van der Waals surface area contributed by atoms with Crippen molar-refractivity contribution in [1.29, 1.82) is 0 Å². The first-order valence-corrected chi connectivity index (χ1v) is 5.98. The predicted octanol–water partition coefficient (Wildman–Crippen LogP) is 2.85. The molecule has 1 heterocycles. The van der Waals surface area contributed by atoms with E-state index in [-0.39, 0.29) is 0 Å². The first-order valence-electron chi connectivity index (χ1n) is 5.98. The summed E-state index contributed by atoms with van der Waals surface area (Å²) in [5, 5.41) is 0. The fraction of sp³-hybridized carbons (Fsp3) is 0.286. The van der Waals surface area contributed by atoms with Crippen molar-refractivity contribution in [1.82, 2.24) is 9.97 Å². The summed E-state index contributed by atoms with van der Waals surface area (Å²) in [7, 11) is 0. The van der Waals surface area contributed by atoms with E-state index in [2.05, 4.69) is 35.9 Å². The Labute approximate surface area is 107 Å². The van der Waals surface area contributed by atoms with Gasteiger partial charge in [-0.1, -0.05) is 26.0 Å². The summed E-state index contributed by atoms with van der Waals surface area (Å²) in [5.74, 6) is 1.73. The molecule has 0 spiro atoms. The van der Waals surface area contributed by atoms with E-state index < -0.39 is 0 Å². The lowest BCUT2D eigenvalue weighted by atomic mass is 10.0. The monoisotopic (exact) mass is 243 g/mol. The van der Waals surface area contributed by atoms with Crippen molar-refractivity contribution in [3.8, 4) is 11.6 Å². The maximum atomic E-state index is 5.63. The Hall–Kier alpha value is -1.94. The SMILES string of the molecule is CC(C)c1ccc(Oc2cncc(CN)n2)cc1.